The average molecular weight is 341 g/mol. The summed E-state index contributed by atoms with van der Waals surface area (Å²) in [7, 11) is 0. The summed E-state index contributed by atoms with van der Waals surface area (Å²) in [6.07, 6.45) is 5.57. The predicted octanol–water partition coefficient (Wildman–Crippen LogP) is 2.20. The Bertz CT molecular complexity index is 933. The number of halogens is 1. The molecule has 25 heavy (non-hydrogen) atoms. The molecule has 1 saturated heterocycles. The van der Waals surface area contributed by atoms with E-state index in [1.165, 1.54) is 16.2 Å². The van der Waals surface area contributed by atoms with E-state index in [-0.39, 0.29) is 28.8 Å². The number of nitrogens with one attached hydrogen (secondary N) is 1. The fourth-order valence-electron chi connectivity index (χ4n) is 5.54. The van der Waals surface area contributed by atoms with Crippen LogP contribution >= 0.6 is 0 Å². The third kappa shape index (κ3) is 2.02. The largest absolute Gasteiger partial charge is 0.327 e. The second-order valence-electron chi connectivity index (χ2n) is 8.19. The van der Waals surface area contributed by atoms with Crippen LogP contribution in [0.4, 0.5) is 4.39 Å². The van der Waals surface area contributed by atoms with Gasteiger partial charge in [0.15, 0.2) is 0 Å². The van der Waals surface area contributed by atoms with E-state index in [0.29, 0.717) is 5.92 Å². The van der Waals surface area contributed by atoms with Crippen molar-refractivity contribution in [3.8, 4) is 0 Å². The highest BCUT2D eigenvalue weighted by molar-refractivity contribution is 5.66. The van der Waals surface area contributed by atoms with Crippen LogP contribution < -0.4 is 16.6 Å². The van der Waals surface area contributed by atoms with Crippen molar-refractivity contribution in [2.75, 3.05) is 13.1 Å². The number of aromatic nitrogens is 1. The smallest absolute Gasteiger partial charge is 0.255 e. The maximum Gasteiger partial charge on any atom is 0.255 e. The van der Waals surface area contributed by atoms with Crippen LogP contribution in [0, 0.1) is 18.7 Å². The molecule has 3 unspecified atom stereocenters. The highest BCUT2D eigenvalue weighted by Crippen LogP contribution is 2.50. The van der Waals surface area contributed by atoms with Crippen molar-refractivity contribution < 1.29 is 4.39 Å². The lowest BCUT2D eigenvalue weighted by Crippen LogP contribution is -2.38. The third-order valence-electron chi connectivity index (χ3n) is 6.84. The van der Waals surface area contributed by atoms with Gasteiger partial charge in [-0.25, -0.2) is 4.39 Å². The molecule has 132 valence electrons. The molecule has 0 radical (unpaired) electrons. The number of hydrogen-bond donors (Lipinski definition) is 2. The van der Waals surface area contributed by atoms with Crippen molar-refractivity contribution in [1.82, 2.24) is 9.72 Å². The van der Waals surface area contributed by atoms with Gasteiger partial charge in [-0.3, -0.25) is 9.20 Å². The minimum absolute atomic E-state index is 0.117. The van der Waals surface area contributed by atoms with Gasteiger partial charge in [-0.2, -0.15) is 0 Å². The monoisotopic (exact) mass is 341 g/mol. The molecule has 0 amide bonds. The van der Waals surface area contributed by atoms with Crippen molar-refractivity contribution in [3.63, 3.8) is 0 Å². The predicted molar refractivity (Wildman–Crippen MR) is 95.6 cm³/mol. The Morgan fingerprint density at radius 3 is 2.88 bits per heavy atom. The molecule has 3 atom stereocenters. The second-order valence-corrected chi connectivity index (χ2v) is 8.19. The molecule has 3 fully saturated rings. The maximum atomic E-state index is 15.3. The number of hydrogen-bond acceptors (Lipinski definition) is 3. The highest BCUT2D eigenvalue weighted by atomic mass is 19.1. The van der Waals surface area contributed by atoms with Crippen LogP contribution in [0.3, 0.4) is 0 Å². The van der Waals surface area contributed by atoms with Gasteiger partial charge in [0.25, 0.3) is 5.56 Å². The fourth-order valence-corrected chi connectivity index (χ4v) is 5.54. The van der Waals surface area contributed by atoms with Gasteiger partial charge in [0, 0.05) is 42.4 Å². The number of aryl methyl sites for hydroxylation is 1. The summed E-state index contributed by atoms with van der Waals surface area (Å²) < 4.78 is 16.8. The summed E-state index contributed by atoms with van der Waals surface area (Å²) in [5.41, 5.74) is 9.80. The standard InChI is InChI=1S/C20H24FN3O/c1-11-18(20-7-6-16(22)14(20)8-23-10-20)15(21)9-24-17(25)5-4-13(19(11)24)12-2-3-12/h4-5,9,12,14,16,23H,2-3,6-8,10,22H2,1H3. The van der Waals surface area contributed by atoms with Crippen molar-refractivity contribution in [1.29, 1.82) is 0 Å². The van der Waals surface area contributed by atoms with Crippen LogP contribution in [0.1, 0.15) is 48.3 Å². The first-order chi connectivity index (χ1) is 12.0. The Balaban J connectivity index is 1.83. The van der Waals surface area contributed by atoms with Gasteiger partial charge in [-0.15, -0.1) is 0 Å². The molecule has 5 heteroatoms. The lowest BCUT2D eigenvalue weighted by atomic mass is 9.72. The molecule has 2 saturated carbocycles. The quantitative estimate of drug-likeness (QED) is 0.880. The van der Waals surface area contributed by atoms with Crippen LogP contribution in [0.2, 0.25) is 0 Å². The van der Waals surface area contributed by atoms with E-state index in [4.69, 9.17) is 5.73 Å². The molecule has 0 spiro atoms. The van der Waals surface area contributed by atoms with Gasteiger partial charge in [0.2, 0.25) is 0 Å². The summed E-state index contributed by atoms with van der Waals surface area (Å²) in [6.45, 7) is 3.62. The molecule has 0 aromatic carbocycles. The zero-order valence-electron chi connectivity index (χ0n) is 14.5. The molecule has 0 bridgehead atoms. The van der Waals surface area contributed by atoms with Gasteiger partial charge in [0.05, 0.1) is 5.52 Å². The number of pyridine rings is 2. The van der Waals surface area contributed by atoms with Gasteiger partial charge < -0.3 is 11.1 Å². The first kappa shape index (κ1) is 15.5. The van der Waals surface area contributed by atoms with E-state index in [9.17, 15) is 4.79 Å². The summed E-state index contributed by atoms with van der Waals surface area (Å²) >= 11 is 0. The molecular weight excluding hydrogens is 317 g/mol. The van der Waals surface area contributed by atoms with Crippen molar-refractivity contribution >= 4 is 5.52 Å². The molecule has 3 N–H and O–H groups in total. The summed E-state index contributed by atoms with van der Waals surface area (Å²) in [5, 5.41) is 3.44. The van der Waals surface area contributed by atoms with E-state index < -0.39 is 0 Å². The number of fused-ring (bicyclic) bond motifs is 2. The molecular formula is C20H24FN3O. The molecule has 2 aromatic rings. The zero-order chi connectivity index (χ0) is 17.3. The van der Waals surface area contributed by atoms with Crippen LogP contribution in [-0.2, 0) is 5.41 Å². The van der Waals surface area contributed by atoms with Crippen LogP contribution in [0.25, 0.3) is 5.52 Å². The Morgan fingerprint density at radius 2 is 2.12 bits per heavy atom. The Hall–Kier alpha value is -1.72. The summed E-state index contributed by atoms with van der Waals surface area (Å²) in [5.74, 6) is 0.513. The molecule has 5 rings (SSSR count). The topological polar surface area (TPSA) is 59.5 Å². The summed E-state index contributed by atoms with van der Waals surface area (Å²) in [4.78, 5) is 12.4. The van der Waals surface area contributed by atoms with Gasteiger partial charge >= 0.3 is 0 Å². The first-order valence-corrected chi connectivity index (χ1v) is 9.34. The van der Waals surface area contributed by atoms with Crippen molar-refractivity contribution in [3.05, 3.63) is 51.2 Å². The summed E-state index contributed by atoms with van der Waals surface area (Å²) in [6, 6.07) is 3.64. The van der Waals surface area contributed by atoms with Crippen LogP contribution in [0.5, 0.6) is 0 Å². The normalized spacial score (nSPS) is 31.6. The lowest BCUT2D eigenvalue weighted by Gasteiger charge is -2.33. The molecule has 2 aromatic heterocycles. The maximum absolute atomic E-state index is 15.3. The second kappa shape index (κ2) is 5.15. The molecule has 4 nitrogen and oxygen atoms in total. The lowest BCUT2D eigenvalue weighted by molar-refractivity contribution is 0.363. The molecule has 2 aliphatic carbocycles. The van der Waals surface area contributed by atoms with Crippen molar-refractivity contribution in [2.24, 2.45) is 11.7 Å². The minimum atomic E-state index is -0.261. The third-order valence-corrected chi connectivity index (χ3v) is 6.84. The number of nitrogens with two attached hydrogens (primary N) is 1. The van der Waals surface area contributed by atoms with E-state index in [1.807, 2.05) is 13.0 Å². The number of rotatable bonds is 2. The van der Waals surface area contributed by atoms with E-state index in [2.05, 4.69) is 5.32 Å². The Labute approximate surface area is 146 Å². The van der Waals surface area contributed by atoms with Gasteiger partial charge in [-0.1, -0.05) is 6.07 Å². The highest BCUT2D eigenvalue weighted by Gasteiger charge is 2.53. The SMILES string of the molecule is Cc1c(C23CCC(N)C2CNC3)c(F)cn2c(=O)ccc(C3CC3)c12. The molecule has 3 aliphatic rings. The zero-order valence-corrected chi connectivity index (χ0v) is 14.5. The molecule has 3 heterocycles. The number of nitrogens with zero attached hydrogens (tertiary/aromatic N) is 1. The van der Waals surface area contributed by atoms with Gasteiger partial charge in [0.1, 0.15) is 5.82 Å². The van der Waals surface area contributed by atoms with Gasteiger partial charge in [-0.05, 0) is 55.6 Å². The van der Waals surface area contributed by atoms with E-state index >= 15 is 4.39 Å². The van der Waals surface area contributed by atoms with Crippen LogP contribution in [0.15, 0.2) is 23.1 Å². The van der Waals surface area contributed by atoms with E-state index in [1.54, 1.807) is 6.07 Å². The average Bonchev–Trinajstić information content (AvgIpc) is 3.26. The Kier molecular flexibility index (Phi) is 3.20. The van der Waals surface area contributed by atoms with Crippen molar-refractivity contribution in [2.45, 2.75) is 50.0 Å². The fraction of sp³-hybridized carbons (Fsp3) is 0.550. The minimum Gasteiger partial charge on any atom is -0.327 e. The Morgan fingerprint density at radius 1 is 1.32 bits per heavy atom. The van der Waals surface area contributed by atoms with E-state index in [0.717, 1.165) is 55.4 Å². The first-order valence-electron chi connectivity index (χ1n) is 9.34. The molecule has 1 aliphatic heterocycles. The van der Waals surface area contributed by atoms with Crippen LogP contribution in [-0.4, -0.2) is 23.5 Å².